The average Bonchev–Trinajstić information content (AvgIpc) is 2.75. The van der Waals surface area contributed by atoms with Gasteiger partial charge in [0.05, 0.1) is 18.8 Å². The molecule has 0 unspecified atom stereocenters. The SMILES string of the molecule is COc1ccc2c(c1)Oc1ccccc1N1CCC[C@@H](OC(C)=O)[C@H]21. The first-order chi connectivity index (χ1) is 12.2. The maximum absolute atomic E-state index is 11.6. The van der Waals surface area contributed by atoms with E-state index in [0.29, 0.717) is 0 Å². The van der Waals surface area contributed by atoms with Crippen LogP contribution in [0.5, 0.6) is 17.2 Å². The van der Waals surface area contributed by atoms with Crippen molar-refractivity contribution in [2.45, 2.75) is 31.9 Å². The first kappa shape index (κ1) is 15.8. The standard InChI is InChI=1S/C20H21NO4/c1-13(22)24-18-8-5-11-21-16-6-3-4-7-17(16)25-19-12-14(23-2)9-10-15(19)20(18)21/h3-4,6-7,9-10,12,18,20H,5,8,11H2,1-2H3/t18-,20+/m1/s1. The van der Waals surface area contributed by atoms with E-state index < -0.39 is 0 Å². The van der Waals surface area contributed by atoms with Crippen LogP contribution in [0.1, 0.15) is 31.4 Å². The molecule has 1 fully saturated rings. The molecule has 2 aliphatic heterocycles. The van der Waals surface area contributed by atoms with Gasteiger partial charge < -0.3 is 19.1 Å². The summed E-state index contributed by atoms with van der Waals surface area (Å²) in [4.78, 5) is 13.9. The van der Waals surface area contributed by atoms with Crippen LogP contribution in [-0.4, -0.2) is 25.7 Å². The van der Waals surface area contributed by atoms with Crippen molar-refractivity contribution < 1.29 is 19.0 Å². The molecule has 5 nitrogen and oxygen atoms in total. The van der Waals surface area contributed by atoms with Crippen molar-refractivity contribution in [1.82, 2.24) is 0 Å². The number of nitrogens with zero attached hydrogens (tertiary/aromatic N) is 1. The van der Waals surface area contributed by atoms with Gasteiger partial charge in [0.25, 0.3) is 0 Å². The molecule has 0 amide bonds. The normalized spacial score (nSPS) is 21.1. The molecule has 0 N–H and O–H groups in total. The molecule has 4 rings (SSSR count). The lowest BCUT2D eigenvalue weighted by Gasteiger charge is -2.41. The van der Waals surface area contributed by atoms with Gasteiger partial charge in [0, 0.05) is 25.1 Å². The Balaban J connectivity index is 1.88. The van der Waals surface area contributed by atoms with Gasteiger partial charge in [0.1, 0.15) is 17.6 Å². The van der Waals surface area contributed by atoms with Crippen LogP contribution in [-0.2, 0) is 9.53 Å². The Labute approximate surface area is 147 Å². The van der Waals surface area contributed by atoms with Crippen LogP contribution in [0.25, 0.3) is 0 Å². The smallest absolute Gasteiger partial charge is 0.302 e. The molecule has 0 radical (unpaired) electrons. The molecule has 2 heterocycles. The highest BCUT2D eigenvalue weighted by molar-refractivity contribution is 5.68. The summed E-state index contributed by atoms with van der Waals surface area (Å²) in [5.74, 6) is 2.05. The Hall–Kier alpha value is -2.69. The Morgan fingerprint density at radius 2 is 2.04 bits per heavy atom. The van der Waals surface area contributed by atoms with Crippen LogP contribution in [0, 0.1) is 0 Å². The number of piperidine rings is 1. The molecular weight excluding hydrogens is 318 g/mol. The van der Waals surface area contributed by atoms with Gasteiger partial charge in [0.15, 0.2) is 5.75 Å². The number of carbonyl (C=O) groups excluding carboxylic acids is 1. The van der Waals surface area contributed by atoms with E-state index in [1.165, 1.54) is 6.92 Å². The summed E-state index contributed by atoms with van der Waals surface area (Å²) in [5.41, 5.74) is 2.04. The highest BCUT2D eigenvalue weighted by atomic mass is 16.5. The van der Waals surface area contributed by atoms with Gasteiger partial charge >= 0.3 is 5.97 Å². The van der Waals surface area contributed by atoms with E-state index in [0.717, 1.165) is 47.9 Å². The van der Waals surface area contributed by atoms with Gasteiger partial charge in [-0.25, -0.2) is 0 Å². The number of rotatable bonds is 2. The lowest BCUT2D eigenvalue weighted by Crippen LogP contribution is -2.43. The second kappa shape index (κ2) is 6.31. The Morgan fingerprint density at radius 3 is 2.84 bits per heavy atom. The minimum atomic E-state index is -0.250. The second-order valence-corrected chi connectivity index (χ2v) is 6.40. The van der Waals surface area contributed by atoms with Crippen molar-refractivity contribution in [3.63, 3.8) is 0 Å². The van der Waals surface area contributed by atoms with Crippen LogP contribution in [0.4, 0.5) is 5.69 Å². The van der Waals surface area contributed by atoms with Crippen molar-refractivity contribution in [2.75, 3.05) is 18.6 Å². The largest absolute Gasteiger partial charge is 0.497 e. The Bertz CT molecular complexity index is 804. The van der Waals surface area contributed by atoms with Gasteiger partial charge in [0.2, 0.25) is 0 Å². The number of para-hydroxylation sites is 2. The summed E-state index contributed by atoms with van der Waals surface area (Å²) in [6, 6.07) is 13.8. The van der Waals surface area contributed by atoms with Crippen molar-refractivity contribution in [2.24, 2.45) is 0 Å². The summed E-state index contributed by atoms with van der Waals surface area (Å²) in [5, 5.41) is 0. The molecule has 0 spiro atoms. The van der Waals surface area contributed by atoms with E-state index in [-0.39, 0.29) is 18.1 Å². The van der Waals surface area contributed by atoms with Crippen LogP contribution >= 0.6 is 0 Å². The first-order valence-electron chi connectivity index (χ1n) is 8.56. The van der Waals surface area contributed by atoms with Gasteiger partial charge in [-0.3, -0.25) is 4.79 Å². The van der Waals surface area contributed by atoms with Crippen LogP contribution in [0.15, 0.2) is 42.5 Å². The number of carbonyl (C=O) groups is 1. The summed E-state index contributed by atoms with van der Waals surface area (Å²) in [6.07, 6.45) is 1.61. The maximum atomic E-state index is 11.6. The number of methoxy groups -OCH3 is 1. The molecule has 2 atom stereocenters. The Kier molecular flexibility index (Phi) is 3.99. The average molecular weight is 339 g/mol. The van der Waals surface area contributed by atoms with Gasteiger partial charge in [-0.05, 0) is 37.1 Å². The molecule has 2 aliphatic rings. The zero-order valence-electron chi connectivity index (χ0n) is 14.4. The van der Waals surface area contributed by atoms with Crippen LogP contribution < -0.4 is 14.4 Å². The zero-order chi connectivity index (χ0) is 17.4. The molecule has 0 aliphatic carbocycles. The number of esters is 1. The Morgan fingerprint density at radius 1 is 1.20 bits per heavy atom. The summed E-state index contributed by atoms with van der Waals surface area (Å²) < 4.78 is 17.3. The molecule has 5 heteroatoms. The second-order valence-electron chi connectivity index (χ2n) is 6.40. The number of fused-ring (bicyclic) bond motifs is 5. The lowest BCUT2D eigenvalue weighted by molar-refractivity contribution is -0.148. The highest BCUT2D eigenvalue weighted by Crippen LogP contribution is 2.48. The monoisotopic (exact) mass is 339 g/mol. The minimum Gasteiger partial charge on any atom is -0.497 e. The number of anilines is 1. The fraction of sp³-hybridized carbons (Fsp3) is 0.350. The summed E-state index contributed by atoms with van der Waals surface area (Å²) in [6.45, 7) is 2.36. The van der Waals surface area contributed by atoms with Crippen LogP contribution in [0.2, 0.25) is 0 Å². The molecule has 0 aromatic heterocycles. The molecule has 1 saturated heterocycles. The van der Waals surface area contributed by atoms with Crippen molar-refractivity contribution in [1.29, 1.82) is 0 Å². The van der Waals surface area contributed by atoms with E-state index in [1.807, 2.05) is 36.4 Å². The fourth-order valence-electron chi connectivity index (χ4n) is 3.81. The maximum Gasteiger partial charge on any atom is 0.302 e. The van der Waals surface area contributed by atoms with Crippen molar-refractivity contribution in [3.8, 4) is 17.2 Å². The third-order valence-electron chi connectivity index (χ3n) is 4.83. The number of hydrogen-bond acceptors (Lipinski definition) is 5. The number of hydrogen-bond donors (Lipinski definition) is 0. The summed E-state index contributed by atoms with van der Waals surface area (Å²) >= 11 is 0. The quantitative estimate of drug-likeness (QED) is 0.772. The van der Waals surface area contributed by atoms with Gasteiger partial charge in [-0.15, -0.1) is 0 Å². The van der Waals surface area contributed by atoms with Gasteiger partial charge in [-0.1, -0.05) is 12.1 Å². The molecule has 2 aromatic rings. The van der Waals surface area contributed by atoms with Gasteiger partial charge in [-0.2, -0.15) is 0 Å². The van der Waals surface area contributed by atoms with Crippen molar-refractivity contribution in [3.05, 3.63) is 48.0 Å². The third-order valence-corrected chi connectivity index (χ3v) is 4.83. The van der Waals surface area contributed by atoms with E-state index in [4.69, 9.17) is 14.2 Å². The molecule has 25 heavy (non-hydrogen) atoms. The van der Waals surface area contributed by atoms with E-state index in [9.17, 15) is 4.79 Å². The predicted octanol–water partition coefficient (Wildman–Crippen LogP) is 4.07. The van der Waals surface area contributed by atoms with Crippen molar-refractivity contribution >= 4 is 11.7 Å². The summed E-state index contributed by atoms with van der Waals surface area (Å²) in [7, 11) is 1.64. The first-order valence-corrected chi connectivity index (χ1v) is 8.56. The van der Waals surface area contributed by atoms with E-state index in [1.54, 1.807) is 7.11 Å². The minimum absolute atomic E-state index is 0.0674. The molecular formula is C20H21NO4. The highest BCUT2D eigenvalue weighted by Gasteiger charge is 2.39. The third kappa shape index (κ3) is 2.80. The molecule has 2 aromatic carbocycles. The fourth-order valence-corrected chi connectivity index (χ4v) is 3.81. The molecule has 130 valence electrons. The lowest BCUT2D eigenvalue weighted by atomic mass is 9.91. The zero-order valence-corrected chi connectivity index (χ0v) is 14.4. The van der Waals surface area contributed by atoms with E-state index >= 15 is 0 Å². The number of ether oxygens (including phenoxy) is 3. The topological polar surface area (TPSA) is 48.0 Å². The predicted molar refractivity (Wildman–Crippen MR) is 94.4 cm³/mol. The number of benzene rings is 2. The van der Waals surface area contributed by atoms with Crippen LogP contribution in [0.3, 0.4) is 0 Å². The van der Waals surface area contributed by atoms with E-state index in [2.05, 4.69) is 11.0 Å². The molecule has 0 saturated carbocycles. The molecule has 0 bridgehead atoms.